The van der Waals surface area contributed by atoms with E-state index in [1.807, 2.05) is 97.9 Å². The van der Waals surface area contributed by atoms with Crippen LogP contribution in [0.25, 0.3) is 0 Å². The van der Waals surface area contributed by atoms with Crippen LogP contribution in [-0.4, -0.2) is 87.9 Å². The molecule has 1 aromatic heterocycles. The van der Waals surface area contributed by atoms with Crippen molar-refractivity contribution >= 4 is 20.6 Å². The fourth-order valence-electron chi connectivity index (χ4n) is 5.78. The summed E-state index contributed by atoms with van der Waals surface area (Å²) in [4.78, 5) is 15.0. The number of aliphatic hydroxyl groups is 1. The SMILES string of the molecule is COc1ccc(C(OC[C@H]2O[C@@H](c3cnc(/N=C/N(C)C)nc3)[C@H](O[Si](C)(C)C(C)(C)C)[C@@H]2O)(c2ccccc2)c2ccc(OC)cc2)cc1. The highest BCUT2D eigenvalue weighted by Crippen LogP contribution is 2.46. The van der Waals surface area contributed by atoms with Crippen LogP contribution in [0, 0.1) is 0 Å². The summed E-state index contributed by atoms with van der Waals surface area (Å²) in [5.74, 6) is 1.79. The summed E-state index contributed by atoms with van der Waals surface area (Å²) in [6, 6.07) is 25.8. The predicted molar refractivity (Wildman–Crippen MR) is 198 cm³/mol. The molecule has 266 valence electrons. The van der Waals surface area contributed by atoms with Crippen LogP contribution in [0.2, 0.25) is 18.1 Å². The van der Waals surface area contributed by atoms with Crippen LogP contribution in [0.1, 0.15) is 49.1 Å². The molecule has 0 saturated carbocycles. The van der Waals surface area contributed by atoms with Gasteiger partial charge in [-0.1, -0.05) is 75.4 Å². The molecule has 1 N–H and O–H groups in total. The van der Waals surface area contributed by atoms with Gasteiger partial charge in [-0.25, -0.2) is 15.0 Å². The largest absolute Gasteiger partial charge is 0.497 e. The van der Waals surface area contributed by atoms with Gasteiger partial charge in [0.1, 0.15) is 41.5 Å². The third-order valence-electron chi connectivity index (χ3n) is 9.60. The van der Waals surface area contributed by atoms with Crippen LogP contribution in [0.5, 0.6) is 11.5 Å². The van der Waals surface area contributed by atoms with Gasteiger partial charge in [-0.2, -0.15) is 0 Å². The van der Waals surface area contributed by atoms with Crippen molar-refractivity contribution in [2.75, 3.05) is 34.9 Å². The van der Waals surface area contributed by atoms with Crippen LogP contribution in [0.15, 0.2) is 96.2 Å². The lowest BCUT2D eigenvalue weighted by molar-refractivity contribution is -0.0828. The second-order valence-corrected chi connectivity index (χ2v) is 19.0. The zero-order chi connectivity index (χ0) is 36.1. The molecule has 1 aliphatic heterocycles. The number of hydrogen-bond acceptors (Lipinski definition) is 9. The van der Waals surface area contributed by atoms with Gasteiger partial charge in [0.05, 0.1) is 27.2 Å². The van der Waals surface area contributed by atoms with E-state index in [1.54, 1.807) is 33.0 Å². The van der Waals surface area contributed by atoms with Gasteiger partial charge >= 0.3 is 0 Å². The summed E-state index contributed by atoms with van der Waals surface area (Å²) in [6.45, 7) is 10.9. The number of benzene rings is 3. The maximum atomic E-state index is 12.0. The van der Waals surface area contributed by atoms with Gasteiger partial charge in [-0.3, -0.25) is 0 Å². The Labute approximate surface area is 297 Å². The number of rotatable bonds is 13. The number of aliphatic hydroxyl groups excluding tert-OH is 1. The summed E-state index contributed by atoms with van der Waals surface area (Å²) in [7, 11) is 4.69. The Morgan fingerprint density at radius 1 is 0.840 bits per heavy atom. The van der Waals surface area contributed by atoms with Crippen LogP contribution in [0.3, 0.4) is 0 Å². The smallest absolute Gasteiger partial charge is 0.250 e. The Morgan fingerprint density at radius 3 is 1.84 bits per heavy atom. The second-order valence-electron chi connectivity index (χ2n) is 14.3. The van der Waals surface area contributed by atoms with Crippen LogP contribution >= 0.6 is 0 Å². The molecule has 5 rings (SSSR count). The minimum Gasteiger partial charge on any atom is -0.497 e. The Hall–Kier alpha value is -4.13. The average Bonchev–Trinajstić information content (AvgIpc) is 3.41. The van der Waals surface area contributed by atoms with Gasteiger partial charge in [-0.15, -0.1) is 0 Å². The summed E-state index contributed by atoms with van der Waals surface area (Å²) in [6.07, 6.45) is 2.00. The highest BCUT2D eigenvalue weighted by Gasteiger charge is 2.51. The van der Waals surface area contributed by atoms with E-state index in [0.29, 0.717) is 11.5 Å². The molecule has 1 aliphatic rings. The monoisotopic (exact) mass is 698 g/mol. The van der Waals surface area contributed by atoms with E-state index in [-0.39, 0.29) is 11.6 Å². The molecule has 1 fully saturated rings. The van der Waals surface area contributed by atoms with E-state index >= 15 is 0 Å². The van der Waals surface area contributed by atoms with Crippen molar-refractivity contribution in [3.05, 3.63) is 114 Å². The summed E-state index contributed by atoms with van der Waals surface area (Å²) >= 11 is 0. The highest BCUT2D eigenvalue weighted by molar-refractivity contribution is 6.74. The van der Waals surface area contributed by atoms with Crippen molar-refractivity contribution in [3.63, 3.8) is 0 Å². The molecule has 0 radical (unpaired) electrons. The first kappa shape index (κ1) is 37.1. The van der Waals surface area contributed by atoms with Gasteiger partial charge in [0.25, 0.3) is 5.95 Å². The zero-order valence-electron chi connectivity index (χ0n) is 30.5. The molecule has 0 unspecified atom stereocenters. The molecule has 3 aromatic carbocycles. The maximum absolute atomic E-state index is 12.0. The number of aliphatic imine (C=N–C) groups is 1. The minimum atomic E-state index is -2.36. The normalized spacial score (nSPS) is 19.9. The van der Waals surface area contributed by atoms with E-state index in [0.717, 1.165) is 28.2 Å². The molecule has 4 atom stereocenters. The van der Waals surface area contributed by atoms with E-state index in [9.17, 15) is 5.11 Å². The van der Waals surface area contributed by atoms with Gasteiger partial charge in [0, 0.05) is 32.1 Å². The van der Waals surface area contributed by atoms with Crippen molar-refractivity contribution in [2.24, 2.45) is 4.99 Å². The molecule has 50 heavy (non-hydrogen) atoms. The lowest BCUT2D eigenvalue weighted by atomic mass is 9.80. The molecular weight excluding hydrogens is 649 g/mol. The molecule has 10 nitrogen and oxygen atoms in total. The van der Waals surface area contributed by atoms with Crippen molar-refractivity contribution in [1.29, 1.82) is 0 Å². The van der Waals surface area contributed by atoms with E-state index in [4.69, 9.17) is 23.4 Å². The Morgan fingerprint density at radius 2 is 1.36 bits per heavy atom. The number of ether oxygens (including phenoxy) is 4. The molecule has 2 heterocycles. The third-order valence-corrected chi connectivity index (χ3v) is 14.1. The standard InChI is InChI=1S/C39H50N4O6Si/c1-38(2,3)50(8,9)49-36-34(44)33(48-35(36)27-23-40-37(41-24-27)42-26-43(4)5)25-47-39(28-13-11-10-12-14-28,29-15-19-31(45-6)20-16-29)30-17-21-32(46-7)22-18-30/h10-24,26,33-36,44H,25H2,1-9H3/b42-26+/t33-,34-,35+,36-/m1/s1. The molecule has 0 spiro atoms. The van der Waals surface area contributed by atoms with Crippen LogP contribution in [0.4, 0.5) is 5.95 Å². The first-order valence-electron chi connectivity index (χ1n) is 16.8. The lowest BCUT2D eigenvalue weighted by Crippen LogP contribution is -2.48. The molecule has 11 heteroatoms. The third kappa shape index (κ3) is 7.92. The van der Waals surface area contributed by atoms with E-state index < -0.39 is 38.3 Å². The molecule has 4 aromatic rings. The Bertz CT molecular complexity index is 1650. The first-order chi connectivity index (χ1) is 23.8. The van der Waals surface area contributed by atoms with Gasteiger partial charge in [0.15, 0.2) is 8.32 Å². The van der Waals surface area contributed by atoms with Gasteiger partial charge in [-0.05, 0) is 59.1 Å². The van der Waals surface area contributed by atoms with Crippen molar-refractivity contribution in [2.45, 2.75) is 68.9 Å². The Balaban J connectivity index is 1.55. The maximum Gasteiger partial charge on any atom is 0.250 e. The molecule has 0 aliphatic carbocycles. The summed E-state index contributed by atoms with van der Waals surface area (Å²) < 4.78 is 31.7. The first-order valence-corrected chi connectivity index (χ1v) is 19.7. The summed E-state index contributed by atoms with van der Waals surface area (Å²) in [5, 5.41) is 11.9. The van der Waals surface area contributed by atoms with Crippen molar-refractivity contribution in [3.8, 4) is 11.5 Å². The fraction of sp³-hybridized carbons (Fsp3) is 0.410. The number of hydrogen-bond donors (Lipinski definition) is 1. The van der Waals surface area contributed by atoms with Gasteiger partial charge in [0.2, 0.25) is 0 Å². The lowest BCUT2D eigenvalue weighted by Gasteiger charge is -2.40. The Kier molecular flexibility index (Phi) is 11.4. The quantitative estimate of drug-likeness (QED) is 0.0690. The minimum absolute atomic E-state index is 0.0497. The fourth-order valence-corrected chi connectivity index (χ4v) is 7.08. The number of nitrogens with zero attached hydrogens (tertiary/aromatic N) is 4. The van der Waals surface area contributed by atoms with Crippen LogP contribution < -0.4 is 9.47 Å². The highest BCUT2D eigenvalue weighted by atomic mass is 28.4. The topological polar surface area (TPSA) is 108 Å². The molecule has 0 amide bonds. The van der Waals surface area contributed by atoms with Gasteiger partial charge < -0.3 is 33.4 Å². The predicted octanol–water partition coefficient (Wildman–Crippen LogP) is 6.92. The molecular formula is C39H50N4O6Si. The van der Waals surface area contributed by atoms with E-state index in [2.05, 4.69) is 48.8 Å². The number of methoxy groups -OCH3 is 2. The average molecular weight is 699 g/mol. The van der Waals surface area contributed by atoms with Crippen LogP contribution in [-0.2, 0) is 19.5 Å². The second kappa shape index (κ2) is 15.4. The number of aromatic nitrogens is 2. The van der Waals surface area contributed by atoms with E-state index in [1.165, 1.54) is 0 Å². The summed E-state index contributed by atoms with van der Waals surface area (Å²) in [5.41, 5.74) is 2.30. The van der Waals surface area contributed by atoms with Crippen molar-refractivity contribution in [1.82, 2.24) is 14.9 Å². The molecule has 0 bridgehead atoms. The van der Waals surface area contributed by atoms with Crippen molar-refractivity contribution < 1.29 is 28.5 Å². The molecule has 1 saturated heterocycles. The zero-order valence-corrected chi connectivity index (χ0v) is 31.5.